The van der Waals surface area contributed by atoms with Crippen molar-refractivity contribution in [1.29, 1.82) is 0 Å². The molecule has 0 saturated heterocycles. The summed E-state index contributed by atoms with van der Waals surface area (Å²) in [7, 11) is -4.55. The standard InChI is InChI=1S/C13H17F9N2O6S/c1-24(2,7-9(27)28)5-3-4-23(6-8(25)26)31(29,30)13(21,22)11(16,17)10(14,15)12(18,19)20/h3-7H2,1-2H3,(H-,25,26,27,28)/p+1. The number of hydrogen-bond acceptors (Lipinski definition) is 4. The molecular formula is C13H18F9N2O6S+. The maximum Gasteiger partial charge on any atom is 0.460 e. The Kier molecular flexibility index (Phi) is 8.44. The third-order valence-electron chi connectivity index (χ3n) is 3.83. The van der Waals surface area contributed by atoms with Gasteiger partial charge in [-0.2, -0.15) is 43.8 Å². The van der Waals surface area contributed by atoms with Crippen LogP contribution in [0.2, 0.25) is 0 Å². The van der Waals surface area contributed by atoms with E-state index in [1.165, 1.54) is 14.1 Å². The number of sulfonamides is 1. The molecule has 0 aromatic rings. The lowest BCUT2D eigenvalue weighted by Gasteiger charge is -2.35. The van der Waals surface area contributed by atoms with E-state index in [0.717, 1.165) is 0 Å². The molecule has 0 aliphatic rings. The van der Waals surface area contributed by atoms with Crippen LogP contribution in [0.4, 0.5) is 39.5 Å². The zero-order valence-electron chi connectivity index (χ0n) is 15.8. The lowest BCUT2D eigenvalue weighted by Crippen LogP contribution is -2.65. The Morgan fingerprint density at radius 2 is 1.32 bits per heavy atom. The van der Waals surface area contributed by atoms with Gasteiger partial charge in [0.1, 0.15) is 6.54 Å². The molecule has 0 saturated carbocycles. The van der Waals surface area contributed by atoms with Crippen LogP contribution in [-0.2, 0) is 19.6 Å². The van der Waals surface area contributed by atoms with Gasteiger partial charge in [-0.1, -0.05) is 0 Å². The summed E-state index contributed by atoms with van der Waals surface area (Å²) in [5, 5.41) is 10.3. The van der Waals surface area contributed by atoms with Gasteiger partial charge in [-0.3, -0.25) is 4.79 Å². The van der Waals surface area contributed by atoms with Gasteiger partial charge in [0.25, 0.3) is 10.0 Å². The van der Waals surface area contributed by atoms with Crippen molar-refractivity contribution in [2.75, 3.05) is 40.3 Å². The first kappa shape index (κ1) is 29.2. The van der Waals surface area contributed by atoms with Crippen LogP contribution in [0, 0.1) is 0 Å². The van der Waals surface area contributed by atoms with E-state index in [9.17, 15) is 57.5 Å². The van der Waals surface area contributed by atoms with Crippen LogP contribution in [-0.4, -0.2) is 103 Å². The van der Waals surface area contributed by atoms with Crippen molar-refractivity contribution in [2.24, 2.45) is 0 Å². The van der Waals surface area contributed by atoms with Crippen LogP contribution in [0.15, 0.2) is 0 Å². The summed E-state index contributed by atoms with van der Waals surface area (Å²) < 4.78 is 140. The summed E-state index contributed by atoms with van der Waals surface area (Å²) in [5.41, 5.74) is 0. The quantitative estimate of drug-likeness (QED) is 0.311. The molecule has 31 heavy (non-hydrogen) atoms. The highest BCUT2D eigenvalue weighted by Gasteiger charge is 2.85. The van der Waals surface area contributed by atoms with Gasteiger partial charge in [0, 0.05) is 13.0 Å². The highest BCUT2D eigenvalue weighted by atomic mass is 32.2. The fraction of sp³-hybridized carbons (Fsp3) is 0.846. The molecule has 0 aliphatic heterocycles. The molecule has 0 radical (unpaired) electrons. The minimum atomic E-state index is -7.49. The van der Waals surface area contributed by atoms with Gasteiger partial charge in [0.2, 0.25) is 0 Å². The maximum atomic E-state index is 13.9. The predicted molar refractivity (Wildman–Crippen MR) is 83.1 cm³/mol. The second-order valence-electron chi connectivity index (χ2n) is 6.96. The van der Waals surface area contributed by atoms with Gasteiger partial charge in [0.15, 0.2) is 6.54 Å². The molecule has 0 aromatic carbocycles. The Balaban J connectivity index is 6.02. The van der Waals surface area contributed by atoms with Crippen LogP contribution in [0.5, 0.6) is 0 Å². The van der Waals surface area contributed by atoms with Crippen molar-refractivity contribution in [1.82, 2.24) is 4.31 Å². The van der Waals surface area contributed by atoms with Crippen molar-refractivity contribution in [3.63, 3.8) is 0 Å². The highest BCUT2D eigenvalue weighted by Crippen LogP contribution is 2.55. The summed E-state index contributed by atoms with van der Waals surface area (Å²) in [6.45, 7) is -4.21. The van der Waals surface area contributed by atoms with Gasteiger partial charge < -0.3 is 14.7 Å². The summed E-state index contributed by atoms with van der Waals surface area (Å²) in [6.07, 6.45) is -7.89. The number of hydrogen-bond donors (Lipinski definition) is 2. The monoisotopic (exact) mass is 501 g/mol. The van der Waals surface area contributed by atoms with E-state index in [-0.39, 0.29) is 6.54 Å². The number of alkyl halides is 9. The number of likely N-dealkylation sites (N-methyl/N-ethyl adjacent to an activating group) is 1. The third kappa shape index (κ3) is 6.12. The molecular weight excluding hydrogens is 483 g/mol. The Hall–Kier alpha value is -1.82. The van der Waals surface area contributed by atoms with Crippen LogP contribution in [0.25, 0.3) is 0 Å². The minimum absolute atomic E-state index is 0.349. The average molecular weight is 501 g/mol. The highest BCUT2D eigenvalue weighted by molar-refractivity contribution is 7.90. The van der Waals surface area contributed by atoms with Gasteiger partial charge in [-0.15, -0.1) is 0 Å². The van der Waals surface area contributed by atoms with E-state index < -0.39 is 80.1 Å². The second-order valence-corrected chi connectivity index (χ2v) is 8.94. The Morgan fingerprint density at radius 1 is 0.871 bits per heavy atom. The molecule has 0 spiro atoms. The van der Waals surface area contributed by atoms with Gasteiger partial charge >= 0.3 is 35.2 Å². The molecule has 8 nitrogen and oxygen atoms in total. The molecule has 0 rings (SSSR count). The Labute approximate surface area is 169 Å². The fourth-order valence-corrected chi connectivity index (χ4v) is 3.67. The van der Waals surface area contributed by atoms with E-state index in [2.05, 4.69) is 0 Å². The molecule has 2 N–H and O–H groups in total. The number of carboxylic acids is 2. The molecule has 0 atom stereocenters. The molecule has 0 aromatic heterocycles. The Morgan fingerprint density at radius 3 is 1.68 bits per heavy atom. The lowest BCUT2D eigenvalue weighted by molar-refractivity contribution is -0.883. The van der Waals surface area contributed by atoms with E-state index in [1.807, 2.05) is 0 Å². The van der Waals surface area contributed by atoms with Crippen molar-refractivity contribution in [3.8, 4) is 0 Å². The Bertz CT molecular complexity index is 783. The normalized spacial score (nSPS) is 14.7. The SMILES string of the molecule is C[N+](C)(CCCN(CC(=O)O)S(=O)(=O)C(F)(F)C(F)(F)C(F)(F)C(F)(F)F)CC(=O)O. The third-order valence-corrected chi connectivity index (χ3v) is 5.72. The fourth-order valence-electron chi connectivity index (χ4n) is 2.24. The molecule has 0 bridgehead atoms. The number of rotatable bonds is 12. The first-order chi connectivity index (χ1) is 13.4. The van der Waals surface area contributed by atoms with Crippen molar-refractivity contribution < 1.29 is 72.2 Å². The molecule has 0 aliphatic carbocycles. The van der Waals surface area contributed by atoms with E-state index in [1.54, 1.807) is 0 Å². The number of carbonyl (C=O) groups is 2. The molecule has 184 valence electrons. The number of carboxylic acid groups (broad SMARTS) is 2. The number of quaternary nitrogens is 1. The second kappa shape index (κ2) is 8.97. The number of halogens is 9. The summed E-state index contributed by atoms with van der Waals surface area (Å²) in [5.74, 6) is -18.5. The first-order valence-electron chi connectivity index (χ1n) is 7.89. The first-order valence-corrected chi connectivity index (χ1v) is 9.33. The van der Waals surface area contributed by atoms with Crippen LogP contribution in [0.1, 0.15) is 6.42 Å². The number of nitrogens with zero attached hydrogens (tertiary/aromatic N) is 2. The van der Waals surface area contributed by atoms with Crippen molar-refractivity contribution in [2.45, 2.75) is 29.7 Å². The predicted octanol–water partition coefficient (Wildman–Crippen LogP) is 1.68. The minimum Gasteiger partial charge on any atom is -0.480 e. The molecule has 0 fully saturated rings. The van der Waals surface area contributed by atoms with Crippen LogP contribution >= 0.6 is 0 Å². The van der Waals surface area contributed by atoms with E-state index >= 15 is 0 Å². The van der Waals surface area contributed by atoms with Gasteiger partial charge in [-0.25, -0.2) is 13.2 Å². The largest absolute Gasteiger partial charge is 0.480 e. The molecule has 0 amide bonds. The molecule has 0 unspecified atom stereocenters. The average Bonchev–Trinajstić information content (AvgIpc) is 2.50. The van der Waals surface area contributed by atoms with Gasteiger partial charge in [-0.05, 0) is 0 Å². The summed E-state index contributed by atoms with van der Waals surface area (Å²) in [4.78, 5) is 21.4. The number of aliphatic carboxylic acids is 2. The van der Waals surface area contributed by atoms with E-state index in [4.69, 9.17) is 10.2 Å². The van der Waals surface area contributed by atoms with Crippen LogP contribution in [0.3, 0.4) is 0 Å². The topological polar surface area (TPSA) is 112 Å². The zero-order chi connectivity index (χ0) is 25.3. The van der Waals surface area contributed by atoms with E-state index in [0.29, 0.717) is 0 Å². The molecule has 0 heterocycles. The van der Waals surface area contributed by atoms with Crippen molar-refractivity contribution >= 4 is 22.0 Å². The summed E-state index contributed by atoms with van der Waals surface area (Å²) >= 11 is 0. The van der Waals surface area contributed by atoms with Crippen molar-refractivity contribution in [3.05, 3.63) is 0 Å². The van der Waals surface area contributed by atoms with Gasteiger partial charge in [0.05, 0.1) is 20.6 Å². The smallest absolute Gasteiger partial charge is 0.460 e. The lowest BCUT2D eigenvalue weighted by atomic mass is 10.1. The van der Waals surface area contributed by atoms with Crippen LogP contribution < -0.4 is 0 Å². The molecule has 18 heteroatoms. The zero-order valence-corrected chi connectivity index (χ0v) is 16.6. The maximum absolute atomic E-state index is 13.9. The summed E-state index contributed by atoms with van der Waals surface area (Å²) in [6, 6.07) is 0.